The number of fused-ring (bicyclic) bond motifs is 1. The van der Waals surface area contributed by atoms with E-state index in [4.69, 9.17) is 16.7 Å². The molecule has 0 aliphatic carbocycles. The number of nitrogens with one attached hydrogen (secondary N) is 9. The molecule has 0 aromatic rings. The quantitative estimate of drug-likeness (QED) is 0.0153. The van der Waals surface area contributed by atoms with Crippen LogP contribution in [0.3, 0.4) is 0 Å². The number of rotatable bonds is 28. The van der Waals surface area contributed by atoms with Crippen molar-refractivity contribution in [2.75, 3.05) is 32.0 Å². The van der Waals surface area contributed by atoms with Gasteiger partial charge in [0.25, 0.3) is 0 Å². The van der Waals surface area contributed by atoms with Crippen LogP contribution < -0.4 is 59.5 Å². The molecule has 2 aliphatic rings. The van der Waals surface area contributed by atoms with Crippen molar-refractivity contribution in [3.63, 3.8) is 0 Å². The Bertz CT molecular complexity index is 1520. The van der Waals surface area contributed by atoms with Crippen LogP contribution in [0, 0.1) is 11.8 Å². The van der Waals surface area contributed by atoms with Gasteiger partial charge in [-0.3, -0.25) is 48.4 Å². The molecule has 2 rings (SSSR count). The fourth-order valence-electron chi connectivity index (χ4n) is 6.41. The van der Waals surface area contributed by atoms with Crippen molar-refractivity contribution in [1.29, 1.82) is 0 Å². The number of aliphatic hydroxyl groups excluding tert-OH is 1. The molecule has 24 heteroatoms. The molecule has 1 unspecified atom stereocenters. The monoisotopic (exact) mass is 857 g/mol. The van der Waals surface area contributed by atoms with Gasteiger partial charge in [-0.15, -0.1) is 0 Å². The molecule has 23 nitrogen and oxygen atoms in total. The number of carbonyl (C=O) groups is 10. The lowest BCUT2D eigenvalue weighted by Crippen LogP contribution is -2.57. The molecule has 0 saturated carbocycles. The molecule has 2 fully saturated rings. The minimum absolute atomic E-state index is 0.0651. The summed E-state index contributed by atoms with van der Waals surface area (Å²) in [7, 11) is 0. The molecular weight excluding hydrogens is 799 g/mol. The highest BCUT2D eigenvalue weighted by Gasteiger charge is 2.42. The van der Waals surface area contributed by atoms with Crippen LogP contribution in [0.5, 0.6) is 0 Å². The van der Waals surface area contributed by atoms with E-state index >= 15 is 0 Å². The van der Waals surface area contributed by atoms with Gasteiger partial charge in [0, 0.05) is 36.3 Å². The number of hydrogen-bond acceptors (Lipinski definition) is 13. The summed E-state index contributed by atoms with van der Waals surface area (Å²) >= 11 is 1.82. The lowest BCUT2D eigenvalue weighted by molar-refractivity contribution is -0.137. The first-order chi connectivity index (χ1) is 27.9. The number of hydroxylamine groups is 1. The van der Waals surface area contributed by atoms with Crippen molar-refractivity contribution in [3.8, 4) is 0 Å². The fraction of sp³-hybridized carbons (Fsp3) is 0.714. The summed E-state index contributed by atoms with van der Waals surface area (Å²) in [5.41, 5.74) is 12.1. The van der Waals surface area contributed by atoms with Crippen LogP contribution in [0.2, 0.25) is 0 Å². The third-order valence-corrected chi connectivity index (χ3v) is 10.9. The van der Waals surface area contributed by atoms with Gasteiger partial charge in [-0.25, -0.2) is 10.3 Å². The van der Waals surface area contributed by atoms with Crippen LogP contribution in [0.15, 0.2) is 0 Å². The average molecular weight is 858 g/mol. The van der Waals surface area contributed by atoms with Gasteiger partial charge in [0.2, 0.25) is 53.2 Å². The summed E-state index contributed by atoms with van der Waals surface area (Å²) < 4.78 is 0. The predicted molar refractivity (Wildman–Crippen MR) is 210 cm³/mol. The van der Waals surface area contributed by atoms with Gasteiger partial charge in [0.1, 0.15) is 18.1 Å². The van der Waals surface area contributed by atoms with Crippen molar-refractivity contribution >= 4 is 71.0 Å². The molecule has 0 aromatic heterocycles. The van der Waals surface area contributed by atoms with Crippen LogP contribution in [0.4, 0.5) is 4.79 Å². The second kappa shape index (κ2) is 26.0. The highest BCUT2D eigenvalue weighted by Crippen LogP contribution is 2.33. The van der Waals surface area contributed by atoms with E-state index < -0.39 is 104 Å². The number of nitrogens with two attached hydrogens (primary N) is 2. The van der Waals surface area contributed by atoms with E-state index in [1.54, 1.807) is 13.8 Å². The summed E-state index contributed by atoms with van der Waals surface area (Å²) in [5, 5.41) is 38.9. The number of thioether (sulfide) groups is 1. The van der Waals surface area contributed by atoms with Crippen molar-refractivity contribution in [3.05, 3.63) is 0 Å². The number of carbonyl (C=O) groups excluding carboxylic acids is 10. The second-order valence-electron chi connectivity index (χ2n) is 14.8. The van der Waals surface area contributed by atoms with E-state index in [2.05, 4.69) is 42.5 Å². The molecule has 7 atom stereocenters. The number of amides is 11. The van der Waals surface area contributed by atoms with Crippen molar-refractivity contribution in [1.82, 2.24) is 48.0 Å². The zero-order valence-corrected chi connectivity index (χ0v) is 34.1. The van der Waals surface area contributed by atoms with Crippen LogP contribution in [0.1, 0.15) is 78.1 Å². The minimum Gasteiger partial charge on any atom is -0.394 e. The molecule has 332 valence electrons. The molecule has 0 bridgehead atoms. The molecule has 0 aromatic carbocycles. The lowest BCUT2D eigenvalue weighted by Gasteiger charge is -2.24. The molecule has 0 radical (unpaired) electrons. The first-order valence-electron chi connectivity index (χ1n) is 19.4. The van der Waals surface area contributed by atoms with E-state index in [1.807, 2.05) is 11.8 Å². The van der Waals surface area contributed by atoms with E-state index in [9.17, 15) is 53.1 Å². The van der Waals surface area contributed by atoms with Gasteiger partial charge in [-0.1, -0.05) is 20.3 Å². The van der Waals surface area contributed by atoms with Gasteiger partial charge < -0.3 is 59.1 Å². The van der Waals surface area contributed by atoms with E-state index in [0.717, 1.165) is 18.6 Å². The summed E-state index contributed by atoms with van der Waals surface area (Å²) in [6, 6.07) is -4.18. The van der Waals surface area contributed by atoms with Gasteiger partial charge >= 0.3 is 6.03 Å². The SMILES string of the molecule is CC(C)CC(CC(=O)NO)C(=O)N[C@@H](CO)C(=O)N[C@@H](CC(N)=O)C(=O)NCC(=O)NCC(=O)N[C@@H](CCCCNC(=O)CCCC[C@@H]1SC[C@@H]2NC(=O)N[C@@H]21)C(N)=O. The Morgan fingerprint density at radius 2 is 1.46 bits per heavy atom. The lowest BCUT2D eigenvalue weighted by atomic mass is 9.92. The topological polar surface area (TPSA) is 371 Å². The molecule has 2 saturated heterocycles. The van der Waals surface area contributed by atoms with Crippen LogP contribution in [-0.2, 0) is 43.2 Å². The Kier molecular flexibility index (Phi) is 22.0. The smallest absolute Gasteiger partial charge is 0.315 e. The van der Waals surface area contributed by atoms with E-state index in [1.165, 1.54) is 5.48 Å². The van der Waals surface area contributed by atoms with E-state index in [0.29, 0.717) is 37.5 Å². The van der Waals surface area contributed by atoms with E-state index in [-0.39, 0.29) is 42.8 Å². The van der Waals surface area contributed by atoms with Gasteiger partial charge in [0.05, 0.1) is 38.2 Å². The second-order valence-corrected chi connectivity index (χ2v) is 16.0. The highest BCUT2D eigenvalue weighted by atomic mass is 32.2. The summed E-state index contributed by atoms with van der Waals surface area (Å²) in [5.74, 6) is -7.51. The number of unbranched alkanes of at least 4 members (excludes halogenated alkanes) is 2. The predicted octanol–water partition coefficient (Wildman–Crippen LogP) is -4.40. The largest absolute Gasteiger partial charge is 0.394 e. The Morgan fingerprint density at radius 3 is 2.10 bits per heavy atom. The van der Waals surface area contributed by atoms with Crippen molar-refractivity contribution < 1.29 is 58.3 Å². The average Bonchev–Trinajstić information content (AvgIpc) is 3.73. The van der Waals surface area contributed by atoms with Crippen LogP contribution >= 0.6 is 11.8 Å². The first-order valence-corrected chi connectivity index (χ1v) is 20.5. The molecule has 15 N–H and O–H groups in total. The third-order valence-electron chi connectivity index (χ3n) is 9.41. The number of primary amides is 2. The number of aliphatic hydroxyl groups is 1. The minimum atomic E-state index is -1.64. The third kappa shape index (κ3) is 18.9. The van der Waals surface area contributed by atoms with Gasteiger partial charge in [-0.2, -0.15) is 11.8 Å². The highest BCUT2D eigenvalue weighted by molar-refractivity contribution is 8.00. The summed E-state index contributed by atoms with van der Waals surface area (Å²) in [6.45, 7) is 1.65. The van der Waals surface area contributed by atoms with Crippen LogP contribution in [0.25, 0.3) is 0 Å². The maximum absolute atomic E-state index is 12.9. The maximum Gasteiger partial charge on any atom is 0.315 e. The fourth-order valence-corrected chi connectivity index (χ4v) is 7.96. The number of hydrogen-bond donors (Lipinski definition) is 13. The molecule has 2 aliphatic heterocycles. The molecule has 11 amide bonds. The summed E-state index contributed by atoms with van der Waals surface area (Å²) in [4.78, 5) is 122. The summed E-state index contributed by atoms with van der Waals surface area (Å²) in [6.07, 6.45) is 2.97. The Hall–Kier alpha value is -5.23. The molecule has 2 heterocycles. The van der Waals surface area contributed by atoms with Gasteiger partial charge in [-0.05, 0) is 44.4 Å². The standard InChI is InChI=1S/C35H59N11O12S/c1-18(2)11-19(12-27(50)46-58)32(54)43-22(16-47)34(56)42-21(13-25(36)48)33(55)40-14-28(51)39-15-29(52)41-20(31(37)53)7-5-6-10-38-26(49)9-4-3-8-24-30-23(17-59-24)44-35(57)45-30/h18-24,30,47,58H,3-17H2,1-2H3,(H2,36,48)(H2,37,53)(H,38,49)(H,39,51)(H,40,55)(H,41,52)(H,42,56)(H,43,54)(H,46,50)(H2,44,45,57)/t19?,20-,21-,22-,23-,24-,30-/m0/s1. The molecular formula is C35H59N11O12S. The Balaban J connectivity index is 1.71. The Labute approximate surface area is 345 Å². The Morgan fingerprint density at radius 1 is 0.763 bits per heavy atom. The normalized spacial score (nSPS) is 18.7. The van der Waals surface area contributed by atoms with Gasteiger partial charge in [0.15, 0.2) is 0 Å². The number of urea groups is 1. The first kappa shape index (κ1) is 49.9. The van der Waals surface area contributed by atoms with Crippen molar-refractivity contribution in [2.45, 2.75) is 114 Å². The van der Waals surface area contributed by atoms with Crippen LogP contribution in [-0.4, -0.2) is 137 Å². The molecule has 59 heavy (non-hydrogen) atoms. The van der Waals surface area contributed by atoms with Crippen molar-refractivity contribution in [2.24, 2.45) is 23.3 Å². The zero-order chi connectivity index (χ0) is 44.1. The maximum atomic E-state index is 12.9. The molecule has 0 spiro atoms. The zero-order valence-electron chi connectivity index (χ0n) is 33.3.